The van der Waals surface area contributed by atoms with Gasteiger partial charge in [0.1, 0.15) is 0 Å². The maximum absolute atomic E-state index is 10.6. The molecule has 12 heavy (non-hydrogen) atoms. The average molecular weight is 158 g/mol. The van der Waals surface area contributed by atoms with E-state index >= 15 is 0 Å². The number of aldehydes is 1. The summed E-state index contributed by atoms with van der Waals surface area (Å²) < 4.78 is 0. The van der Waals surface area contributed by atoms with Crippen LogP contribution in [-0.2, 0) is 0 Å². The zero-order valence-electron chi connectivity index (χ0n) is 6.27. The summed E-state index contributed by atoms with van der Waals surface area (Å²) in [5, 5.41) is 0.850. The summed E-state index contributed by atoms with van der Waals surface area (Å²) in [7, 11) is 0. The van der Waals surface area contributed by atoms with E-state index in [2.05, 4.69) is 9.97 Å². The zero-order chi connectivity index (χ0) is 8.39. The molecule has 0 aromatic carbocycles. The molecule has 3 nitrogen and oxygen atoms in total. The molecule has 2 heterocycles. The molecule has 0 unspecified atom stereocenters. The second-order valence-corrected chi connectivity index (χ2v) is 2.41. The Bertz CT molecular complexity index is 420. The first-order valence-electron chi connectivity index (χ1n) is 3.56. The highest BCUT2D eigenvalue weighted by molar-refractivity contribution is 5.95. The van der Waals surface area contributed by atoms with E-state index in [1.807, 2.05) is 0 Å². The zero-order valence-corrected chi connectivity index (χ0v) is 6.27. The standard InChI is InChI=1S/C9H6N2O/c12-6-7-1-4-11-9-5-10-3-2-8(7)9/h1-6H. The number of rotatable bonds is 1. The van der Waals surface area contributed by atoms with Crippen molar-refractivity contribution in [1.29, 1.82) is 0 Å². The van der Waals surface area contributed by atoms with Crippen molar-refractivity contribution < 1.29 is 4.79 Å². The Morgan fingerprint density at radius 2 is 2.17 bits per heavy atom. The van der Waals surface area contributed by atoms with Crippen LogP contribution in [0.5, 0.6) is 0 Å². The Hall–Kier alpha value is -1.77. The fourth-order valence-corrected chi connectivity index (χ4v) is 1.12. The SMILES string of the molecule is O=Cc1ccnc2cnccc12. The number of hydrogen-bond donors (Lipinski definition) is 0. The van der Waals surface area contributed by atoms with Crippen LogP contribution in [0.4, 0.5) is 0 Å². The number of pyridine rings is 2. The van der Waals surface area contributed by atoms with E-state index in [0.717, 1.165) is 17.2 Å². The van der Waals surface area contributed by atoms with E-state index in [0.29, 0.717) is 5.56 Å². The molecule has 0 atom stereocenters. The van der Waals surface area contributed by atoms with Crippen molar-refractivity contribution in [3.8, 4) is 0 Å². The maximum atomic E-state index is 10.6. The molecule has 2 rings (SSSR count). The Morgan fingerprint density at radius 3 is 3.00 bits per heavy atom. The summed E-state index contributed by atoms with van der Waals surface area (Å²) >= 11 is 0. The molecule has 0 saturated heterocycles. The summed E-state index contributed by atoms with van der Waals surface area (Å²) in [5.41, 5.74) is 1.41. The van der Waals surface area contributed by atoms with Gasteiger partial charge in [-0.15, -0.1) is 0 Å². The van der Waals surface area contributed by atoms with Crippen LogP contribution in [0.1, 0.15) is 10.4 Å². The van der Waals surface area contributed by atoms with Gasteiger partial charge in [-0.25, -0.2) is 0 Å². The number of fused-ring (bicyclic) bond motifs is 1. The summed E-state index contributed by atoms with van der Waals surface area (Å²) in [4.78, 5) is 18.6. The van der Waals surface area contributed by atoms with Crippen LogP contribution in [0.15, 0.2) is 30.7 Å². The van der Waals surface area contributed by atoms with E-state index < -0.39 is 0 Å². The molecule has 58 valence electrons. The van der Waals surface area contributed by atoms with Gasteiger partial charge in [0.05, 0.1) is 11.7 Å². The van der Waals surface area contributed by atoms with E-state index in [1.165, 1.54) is 0 Å². The molecule has 0 aliphatic heterocycles. The molecular weight excluding hydrogens is 152 g/mol. The quantitative estimate of drug-likeness (QED) is 0.590. The predicted octanol–water partition coefficient (Wildman–Crippen LogP) is 1.44. The molecule has 0 saturated carbocycles. The van der Waals surface area contributed by atoms with Gasteiger partial charge in [-0.3, -0.25) is 14.8 Å². The first-order chi connectivity index (χ1) is 5.92. The average Bonchev–Trinajstić information content (AvgIpc) is 2.17. The highest BCUT2D eigenvalue weighted by Gasteiger charge is 1.98. The molecule has 0 spiro atoms. The molecular formula is C9H6N2O. The van der Waals surface area contributed by atoms with Crippen molar-refractivity contribution in [3.05, 3.63) is 36.3 Å². The van der Waals surface area contributed by atoms with Crippen LogP contribution < -0.4 is 0 Å². The van der Waals surface area contributed by atoms with Crippen LogP contribution in [-0.4, -0.2) is 16.3 Å². The van der Waals surface area contributed by atoms with Crippen LogP contribution in [0.2, 0.25) is 0 Å². The second-order valence-electron chi connectivity index (χ2n) is 2.41. The van der Waals surface area contributed by atoms with Crippen LogP contribution in [0.25, 0.3) is 10.9 Å². The van der Waals surface area contributed by atoms with Crippen molar-refractivity contribution in [2.75, 3.05) is 0 Å². The van der Waals surface area contributed by atoms with Crippen molar-refractivity contribution in [2.24, 2.45) is 0 Å². The van der Waals surface area contributed by atoms with Crippen molar-refractivity contribution in [2.45, 2.75) is 0 Å². The first kappa shape index (κ1) is 6.91. The molecule has 2 aromatic rings. The van der Waals surface area contributed by atoms with Crippen molar-refractivity contribution in [3.63, 3.8) is 0 Å². The number of aromatic nitrogens is 2. The van der Waals surface area contributed by atoms with E-state index in [4.69, 9.17) is 0 Å². The fourth-order valence-electron chi connectivity index (χ4n) is 1.12. The minimum absolute atomic E-state index is 0.655. The predicted molar refractivity (Wildman–Crippen MR) is 44.9 cm³/mol. The minimum Gasteiger partial charge on any atom is -0.298 e. The summed E-state index contributed by atoms with van der Waals surface area (Å²) in [5.74, 6) is 0. The maximum Gasteiger partial charge on any atom is 0.150 e. The molecule has 2 aromatic heterocycles. The smallest absolute Gasteiger partial charge is 0.150 e. The van der Waals surface area contributed by atoms with Crippen molar-refractivity contribution >= 4 is 17.2 Å². The minimum atomic E-state index is 0.655. The van der Waals surface area contributed by atoms with Gasteiger partial charge in [0, 0.05) is 23.3 Å². The fraction of sp³-hybridized carbons (Fsp3) is 0. The van der Waals surface area contributed by atoms with Gasteiger partial charge in [0.15, 0.2) is 6.29 Å². The number of carbonyl (C=O) groups excluding carboxylic acids is 1. The van der Waals surface area contributed by atoms with E-state index in [1.54, 1.807) is 30.7 Å². The Kier molecular flexibility index (Phi) is 1.55. The van der Waals surface area contributed by atoms with Gasteiger partial charge in [0.25, 0.3) is 0 Å². The number of nitrogens with zero attached hydrogens (tertiary/aromatic N) is 2. The van der Waals surface area contributed by atoms with Gasteiger partial charge in [-0.05, 0) is 12.1 Å². The Labute approximate surface area is 69.1 Å². The molecule has 0 radical (unpaired) electrons. The highest BCUT2D eigenvalue weighted by Crippen LogP contribution is 2.12. The van der Waals surface area contributed by atoms with Crippen LogP contribution in [0.3, 0.4) is 0 Å². The lowest BCUT2D eigenvalue weighted by Gasteiger charge is -1.96. The third-order valence-corrected chi connectivity index (χ3v) is 1.71. The third-order valence-electron chi connectivity index (χ3n) is 1.71. The van der Waals surface area contributed by atoms with E-state index in [-0.39, 0.29) is 0 Å². The monoisotopic (exact) mass is 158 g/mol. The van der Waals surface area contributed by atoms with Gasteiger partial charge < -0.3 is 0 Å². The van der Waals surface area contributed by atoms with Crippen LogP contribution >= 0.6 is 0 Å². The highest BCUT2D eigenvalue weighted by atomic mass is 16.1. The number of carbonyl (C=O) groups is 1. The van der Waals surface area contributed by atoms with Crippen molar-refractivity contribution in [1.82, 2.24) is 9.97 Å². The van der Waals surface area contributed by atoms with Gasteiger partial charge >= 0.3 is 0 Å². The topological polar surface area (TPSA) is 42.9 Å². The normalized spacial score (nSPS) is 10.0. The lowest BCUT2D eigenvalue weighted by atomic mass is 10.1. The number of hydrogen-bond acceptors (Lipinski definition) is 3. The molecule has 0 fully saturated rings. The summed E-state index contributed by atoms with van der Waals surface area (Å²) in [6, 6.07) is 3.47. The molecule has 0 N–H and O–H groups in total. The summed E-state index contributed by atoms with van der Waals surface area (Å²) in [6.07, 6.45) is 5.72. The Morgan fingerprint density at radius 1 is 1.25 bits per heavy atom. The molecule has 0 aliphatic rings. The van der Waals surface area contributed by atoms with Gasteiger partial charge in [0.2, 0.25) is 0 Å². The van der Waals surface area contributed by atoms with E-state index in [9.17, 15) is 4.79 Å². The van der Waals surface area contributed by atoms with Gasteiger partial charge in [-0.2, -0.15) is 0 Å². The lowest BCUT2D eigenvalue weighted by Crippen LogP contribution is -1.86. The second kappa shape index (κ2) is 2.70. The third kappa shape index (κ3) is 0.955. The largest absolute Gasteiger partial charge is 0.298 e. The van der Waals surface area contributed by atoms with Gasteiger partial charge in [-0.1, -0.05) is 0 Å². The molecule has 0 amide bonds. The molecule has 0 aliphatic carbocycles. The first-order valence-corrected chi connectivity index (χ1v) is 3.56. The summed E-state index contributed by atoms with van der Waals surface area (Å²) in [6.45, 7) is 0. The van der Waals surface area contributed by atoms with Crippen LogP contribution in [0, 0.1) is 0 Å². The lowest BCUT2D eigenvalue weighted by molar-refractivity contribution is 0.112. The molecule has 3 heteroatoms. The molecule has 0 bridgehead atoms. The Balaban J connectivity index is 2.88.